The quantitative estimate of drug-likeness (QED) is 0.728. The number of aliphatic hydroxyl groups excluding tert-OH is 1. The largest absolute Gasteiger partial charge is 0.395 e. The van der Waals surface area contributed by atoms with Crippen molar-refractivity contribution < 1.29 is 21.9 Å². The number of aliphatic hydroxyl groups is 1. The molecule has 2 saturated heterocycles. The van der Waals surface area contributed by atoms with E-state index in [0.29, 0.717) is 18.7 Å². The number of nitrogens with zero attached hydrogens (tertiary/aromatic N) is 2. The summed E-state index contributed by atoms with van der Waals surface area (Å²) in [7, 11) is -7.35. The molecule has 2 atom stereocenters. The lowest BCUT2D eigenvalue weighted by molar-refractivity contribution is 0.147. The van der Waals surface area contributed by atoms with Crippen molar-refractivity contribution in [1.29, 1.82) is 0 Å². The zero-order chi connectivity index (χ0) is 15.7. The van der Waals surface area contributed by atoms with Crippen LogP contribution in [-0.4, -0.2) is 79.4 Å². The Hall–Kier alpha value is 0.130. The third-order valence-corrected chi connectivity index (χ3v) is 8.79. The Morgan fingerprint density at radius 1 is 1.14 bits per heavy atom. The van der Waals surface area contributed by atoms with Crippen molar-refractivity contribution in [1.82, 2.24) is 8.61 Å². The van der Waals surface area contributed by atoms with Crippen LogP contribution in [0, 0.1) is 0 Å². The van der Waals surface area contributed by atoms with Gasteiger partial charge in [-0.25, -0.2) is 8.42 Å². The Morgan fingerprint density at radius 3 is 2.48 bits per heavy atom. The molecule has 2 rings (SSSR count). The fourth-order valence-corrected chi connectivity index (χ4v) is 8.32. The molecule has 0 radical (unpaired) electrons. The van der Waals surface area contributed by atoms with Crippen LogP contribution >= 0.6 is 11.8 Å². The highest BCUT2D eigenvalue weighted by molar-refractivity contribution is 8.01. The highest BCUT2D eigenvalue weighted by Gasteiger charge is 2.43. The number of sulfone groups is 1. The van der Waals surface area contributed by atoms with Crippen LogP contribution in [0.2, 0.25) is 0 Å². The first kappa shape index (κ1) is 17.5. The van der Waals surface area contributed by atoms with Crippen LogP contribution in [0.4, 0.5) is 0 Å². The second-order valence-electron chi connectivity index (χ2n) is 5.42. The van der Waals surface area contributed by atoms with Crippen molar-refractivity contribution in [3.8, 4) is 0 Å². The SMILES string of the molecule is CS(=O)(=O)C1CSCCN1S(=O)(=O)N1CCCCC1CO. The van der Waals surface area contributed by atoms with Crippen LogP contribution < -0.4 is 0 Å². The predicted molar refractivity (Wildman–Crippen MR) is 83.0 cm³/mol. The van der Waals surface area contributed by atoms with E-state index < -0.39 is 31.5 Å². The summed E-state index contributed by atoms with van der Waals surface area (Å²) < 4.78 is 51.8. The Kier molecular flexibility index (Phi) is 5.59. The van der Waals surface area contributed by atoms with Gasteiger partial charge in [0.2, 0.25) is 0 Å². The van der Waals surface area contributed by atoms with E-state index >= 15 is 0 Å². The van der Waals surface area contributed by atoms with E-state index in [9.17, 15) is 21.9 Å². The second-order valence-corrected chi connectivity index (χ2v) is 10.6. The van der Waals surface area contributed by atoms with E-state index in [4.69, 9.17) is 0 Å². The maximum absolute atomic E-state index is 12.8. The summed E-state index contributed by atoms with van der Waals surface area (Å²) in [6.07, 6.45) is 3.30. The van der Waals surface area contributed by atoms with Crippen molar-refractivity contribution in [2.45, 2.75) is 30.7 Å². The number of hydrogen-bond acceptors (Lipinski definition) is 6. The summed E-state index contributed by atoms with van der Waals surface area (Å²) >= 11 is 1.45. The van der Waals surface area contributed by atoms with Crippen molar-refractivity contribution in [3.05, 3.63) is 0 Å². The molecule has 0 aromatic heterocycles. The van der Waals surface area contributed by atoms with Crippen molar-refractivity contribution in [3.63, 3.8) is 0 Å². The molecule has 2 heterocycles. The molecule has 0 saturated carbocycles. The van der Waals surface area contributed by atoms with Gasteiger partial charge in [0.25, 0.3) is 10.2 Å². The van der Waals surface area contributed by atoms with Gasteiger partial charge in [-0.05, 0) is 12.8 Å². The fourth-order valence-electron chi connectivity index (χ4n) is 2.76. The van der Waals surface area contributed by atoms with E-state index in [2.05, 4.69) is 0 Å². The lowest BCUT2D eigenvalue weighted by Gasteiger charge is -2.40. The van der Waals surface area contributed by atoms with Crippen LogP contribution in [0.5, 0.6) is 0 Å². The summed E-state index contributed by atoms with van der Waals surface area (Å²) in [6, 6.07) is -0.446. The normalized spacial score (nSPS) is 30.4. The molecule has 124 valence electrons. The zero-order valence-corrected chi connectivity index (χ0v) is 14.5. The minimum absolute atomic E-state index is 0.194. The van der Waals surface area contributed by atoms with Crippen LogP contribution in [0.15, 0.2) is 0 Å². The van der Waals surface area contributed by atoms with Gasteiger partial charge >= 0.3 is 0 Å². The first-order valence-corrected chi connectivity index (χ1v) is 11.4. The third kappa shape index (κ3) is 3.73. The minimum Gasteiger partial charge on any atom is -0.395 e. The first-order chi connectivity index (χ1) is 9.78. The third-order valence-electron chi connectivity index (χ3n) is 3.91. The lowest BCUT2D eigenvalue weighted by atomic mass is 10.1. The van der Waals surface area contributed by atoms with Gasteiger partial charge in [0.1, 0.15) is 5.37 Å². The van der Waals surface area contributed by atoms with Crippen LogP contribution in [-0.2, 0) is 20.0 Å². The zero-order valence-electron chi connectivity index (χ0n) is 12.0. The summed E-state index contributed by atoms with van der Waals surface area (Å²) in [5.74, 6) is 0.846. The molecule has 0 aliphatic carbocycles. The maximum Gasteiger partial charge on any atom is 0.283 e. The Balaban J connectivity index is 2.31. The lowest BCUT2D eigenvalue weighted by Crippen LogP contribution is -2.58. The van der Waals surface area contributed by atoms with E-state index in [0.717, 1.165) is 23.4 Å². The molecule has 0 spiro atoms. The topological polar surface area (TPSA) is 95.0 Å². The molecular formula is C11H22N2O5S3. The van der Waals surface area contributed by atoms with E-state index in [1.54, 1.807) is 0 Å². The van der Waals surface area contributed by atoms with E-state index in [-0.39, 0.29) is 18.9 Å². The molecule has 2 aliphatic heterocycles. The van der Waals surface area contributed by atoms with Gasteiger partial charge in [0.05, 0.1) is 6.61 Å². The molecule has 0 aromatic carbocycles. The number of hydrogen-bond donors (Lipinski definition) is 1. The molecule has 7 nitrogen and oxygen atoms in total. The van der Waals surface area contributed by atoms with Crippen molar-refractivity contribution >= 4 is 31.8 Å². The molecule has 10 heteroatoms. The Bertz CT molecular complexity index is 562. The number of thioether (sulfide) groups is 1. The summed E-state index contributed by atoms with van der Waals surface area (Å²) in [5.41, 5.74) is 0. The van der Waals surface area contributed by atoms with Crippen LogP contribution in [0.1, 0.15) is 19.3 Å². The van der Waals surface area contributed by atoms with Gasteiger partial charge in [0.15, 0.2) is 9.84 Å². The monoisotopic (exact) mass is 358 g/mol. The highest BCUT2D eigenvalue weighted by Crippen LogP contribution is 2.28. The van der Waals surface area contributed by atoms with Gasteiger partial charge in [-0.15, -0.1) is 0 Å². The van der Waals surface area contributed by atoms with Gasteiger partial charge in [-0.3, -0.25) is 0 Å². The average Bonchev–Trinajstić information content (AvgIpc) is 2.46. The highest BCUT2D eigenvalue weighted by atomic mass is 32.2. The predicted octanol–water partition coefficient (Wildman–Crippen LogP) is -0.502. The molecule has 1 N–H and O–H groups in total. The average molecular weight is 359 g/mol. The van der Waals surface area contributed by atoms with E-state index in [1.165, 1.54) is 16.1 Å². The van der Waals surface area contributed by atoms with Crippen LogP contribution in [0.25, 0.3) is 0 Å². The van der Waals surface area contributed by atoms with Crippen LogP contribution in [0.3, 0.4) is 0 Å². The summed E-state index contributed by atoms with van der Waals surface area (Å²) in [5, 5.41) is 8.39. The minimum atomic E-state index is -3.86. The van der Waals surface area contributed by atoms with Gasteiger partial charge in [-0.1, -0.05) is 6.42 Å². The standard InChI is InChI=1S/C11H22N2O5S3/c1-20(15,16)11-9-19-7-6-13(11)21(17,18)12-5-3-2-4-10(12)8-14/h10-11,14H,2-9H2,1H3. The fraction of sp³-hybridized carbons (Fsp3) is 1.00. The molecule has 2 fully saturated rings. The number of piperidine rings is 1. The molecule has 0 amide bonds. The van der Waals surface area contributed by atoms with E-state index in [1.807, 2.05) is 0 Å². The molecular weight excluding hydrogens is 336 g/mol. The summed E-state index contributed by atoms with van der Waals surface area (Å²) in [6.45, 7) is 0.304. The molecule has 21 heavy (non-hydrogen) atoms. The molecule has 2 aliphatic rings. The first-order valence-electron chi connectivity index (χ1n) is 6.94. The summed E-state index contributed by atoms with van der Waals surface area (Å²) in [4.78, 5) is 0. The van der Waals surface area contributed by atoms with Gasteiger partial charge in [0, 0.05) is 36.9 Å². The Morgan fingerprint density at radius 2 is 1.86 bits per heavy atom. The molecule has 0 aromatic rings. The van der Waals surface area contributed by atoms with Crippen molar-refractivity contribution in [2.24, 2.45) is 0 Å². The smallest absolute Gasteiger partial charge is 0.283 e. The number of rotatable bonds is 4. The maximum atomic E-state index is 12.8. The molecule has 2 unspecified atom stereocenters. The second kappa shape index (κ2) is 6.71. The Labute approximate surface area is 130 Å². The molecule has 0 bridgehead atoms. The van der Waals surface area contributed by atoms with Gasteiger partial charge in [-0.2, -0.15) is 28.8 Å². The van der Waals surface area contributed by atoms with Gasteiger partial charge < -0.3 is 5.11 Å². The van der Waals surface area contributed by atoms with Crippen molar-refractivity contribution in [2.75, 3.05) is 37.5 Å².